The molecule has 2 heterocycles. The van der Waals surface area contributed by atoms with Crippen LogP contribution in [0.4, 0.5) is 0 Å². The zero-order chi connectivity index (χ0) is 14.5. The molecule has 2 atom stereocenters. The number of hydrogen-bond donors (Lipinski definition) is 0. The van der Waals surface area contributed by atoms with Crippen LogP contribution in [0.1, 0.15) is 49.8 Å². The molecular formula is C14H21NO5. The molecule has 0 radical (unpaired) electrons. The van der Waals surface area contributed by atoms with Crippen molar-refractivity contribution < 1.29 is 23.5 Å². The van der Waals surface area contributed by atoms with Crippen LogP contribution in [0.15, 0.2) is 4.52 Å². The molecule has 1 aromatic rings. The summed E-state index contributed by atoms with van der Waals surface area (Å²) >= 11 is 0. The lowest BCUT2D eigenvalue weighted by Crippen LogP contribution is -2.25. The van der Waals surface area contributed by atoms with Crippen LogP contribution in [0, 0.1) is 6.92 Å². The monoisotopic (exact) mass is 283 g/mol. The Morgan fingerprint density at radius 2 is 2.30 bits per heavy atom. The number of rotatable bonds is 5. The average Bonchev–Trinajstić information content (AvgIpc) is 2.81. The lowest BCUT2D eigenvalue weighted by molar-refractivity contribution is -0.141. The van der Waals surface area contributed by atoms with Gasteiger partial charge in [0.2, 0.25) is 6.29 Å². The van der Waals surface area contributed by atoms with Gasteiger partial charge < -0.3 is 18.7 Å². The molecular weight excluding hydrogens is 262 g/mol. The second kappa shape index (κ2) is 6.74. The van der Waals surface area contributed by atoms with E-state index in [4.69, 9.17) is 14.0 Å². The first-order chi connectivity index (χ1) is 9.61. The first-order valence-corrected chi connectivity index (χ1v) is 6.93. The molecule has 0 aromatic carbocycles. The molecule has 1 fully saturated rings. The molecule has 6 heteroatoms. The van der Waals surface area contributed by atoms with Gasteiger partial charge in [-0.25, -0.2) is 0 Å². The minimum Gasteiger partial charge on any atom is -0.469 e. The van der Waals surface area contributed by atoms with Crippen molar-refractivity contribution in [1.29, 1.82) is 0 Å². The first kappa shape index (κ1) is 14.8. The summed E-state index contributed by atoms with van der Waals surface area (Å²) in [6, 6.07) is 0. The Morgan fingerprint density at radius 1 is 1.50 bits per heavy atom. The number of carbonyl (C=O) groups is 1. The van der Waals surface area contributed by atoms with E-state index in [9.17, 15) is 4.79 Å². The van der Waals surface area contributed by atoms with E-state index in [1.807, 2.05) is 13.8 Å². The van der Waals surface area contributed by atoms with Gasteiger partial charge in [-0.1, -0.05) is 6.92 Å². The molecule has 1 aliphatic rings. The summed E-state index contributed by atoms with van der Waals surface area (Å²) in [7, 11) is 1.37. The maximum Gasteiger partial charge on any atom is 0.306 e. The minimum absolute atomic E-state index is 0.0976. The van der Waals surface area contributed by atoms with Gasteiger partial charge in [0.25, 0.3) is 5.88 Å². The molecule has 0 saturated carbocycles. The van der Waals surface area contributed by atoms with Gasteiger partial charge in [0.05, 0.1) is 25.7 Å². The van der Waals surface area contributed by atoms with Crippen molar-refractivity contribution in [3.63, 3.8) is 0 Å². The highest BCUT2D eigenvalue weighted by Crippen LogP contribution is 2.30. The number of carbonyl (C=O) groups excluding carboxylic acids is 1. The zero-order valence-corrected chi connectivity index (χ0v) is 12.2. The van der Waals surface area contributed by atoms with Gasteiger partial charge in [-0.2, -0.15) is 0 Å². The number of esters is 1. The topological polar surface area (TPSA) is 70.8 Å². The van der Waals surface area contributed by atoms with E-state index >= 15 is 0 Å². The van der Waals surface area contributed by atoms with Gasteiger partial charge in [0, 0.05) is 12.3 Å². The second-order valence-electron chi connectivity index (χ2n) is 5.07. The van der Waals surface area contributed by atoms with Crippen molar-refractivity contribution in [2.24, 2.45) is 0 Å². The van der Waals surface area contributed by atoms with Gasteiger partial charge in [-0.15, -0.1) is 0 Å². The second-order valence-corrected chi connectivity index (χ2v) is 5.07. The summed E-state index contributed by atoms with van der Waals surface area (Å²) in [6.07, 6.45) is 3.02. The quantitative estimate of drug-likeness (QED) is 0.773. The molecule has 6 nitrogen and oxygen atoms in total. The summed E-state index contributed by atoms with van der Waals surface area (Å²) in [5, 5.41) is 3.93. The number of hydrogen-bond acceptors (Lipinski definition) is 6. The summed E-state index contributed by atoms with van der Waals surface area (Å²) in [5.74, 6) is 0.732. The van der Waals surface area contributed by atoms with E-state index in [0.29, 0.717) is 18.2 Å². The Hall–Kier alpha value is -1.56. The highest BCUT2D eigenvalue weighted by atomic mass is 16.7. The van der Waals surface area contributed by atoms with E-state index in [2.05, 4.69) is 9.89 Å². The Morgan fingerprint density at radius 3 is 2.95 bits per heavy atom. The van der Waals surface area contributed by atoms with Crippen molar-refractivity contribution in [1.82, 2.24) is 5.16 Å². The Bertz CT molecular complexity index is 450. The van der Waals surface area contributed by atoms with Gasteiger partial charge in [-0.05, 0) is 24.9 Å². The molecule has 1 aromatic heterocycles. The number of ether oxygens (including phenoxy) is 3. The van der Waals surface area contributed by atoms with Gasteiger partial charge >= 0.3 is 5.97 Å². The van der Waals surface area contributed by atoms with Crippen molar-refractivity contribution in [2.75, 3.05) is 13.7 Å². The Labute approximate surface area is 118 Å². The van der Waals surface area contributed by atoms with E-state index in [0.717, 1.165) is 24.8 Å². The molecule has 1 saturated heterocycles. The molecule has 20 heavy (non-hydrogen) atoms. The number of methoxy groups -OCH3 is 1. The van der Waals surface area contributed by atoms with Crippen LogP contribution in [-0.4, -0.2) is 31.1 Å². The Kier molecular flexibility index (Phi) is 5.00. The summed E-state index contributed by atoms with van der Waals surface area (Å²) in [4.78, 5) is 11.3. The third-order valence-electron chi connectivity index (χ3n) is 3.45. The van der Waals surface area contributed by atoms with E-state index < -0.39 is 0 Å². The van der Waals surface area contributed by atoms with Gasteiger partial charge in [-0.3, -0.25) is 4.79 Å². The molecule has 0 aliphatic carbocycles. The SMILES string of the molecule is COC(=O)CC(C)c1onc(OC2CCCCO2)c1C. The molecule has 0 bridgehead atoms. The fourth-order valence-corrected chi connectivity index (χ4v) is 2.26. The van der Waals surface area contributed by atoms with Gasteiger partial charge in [0.15, 0.2) is 0 Å². The van der Waals surface area contributed by atoms with Crippen LogP contribution in [0.3, 0.4) is 0 Å². The summed E-state index contributed by atoms with van der Waals surface area (Å²) in [5.41, 5.74) is 0.815. The highest BCUT2D eigenvalue weighted by molar-refractivity contribution is 5.70. The van der Waals surface area contributed by atoms with Crippen LogP contribution < -0.4 is 4.74 Å². The van der Waals surface area contributed by atoms with Crippen LogP contribution in [-0.2, 0) is 14.3 Å². The number of aromatic nitrogens is 1. The number of nitrogens with zero attached hydrogens (tertiary/aromatic N) is 1. The van der Waals surface area contributed by atoms with Crippen LogP contribution in [0.5, 0.6) is 5.88 Å². The molecule has 0 spiro atoms. The lowest BCUT2D eigenvalue weighted by atomic mass is 10.0. The molecule has 2 rings (SSSR count). The molecule has 1 aliphatic heterocycles. The van der Waals surface area contributed by atoms with Crippen molar-refractivity contribution in [2.45, 2.75) is 51.7 Å². The third kappa shape index (κ3) is 3.50. The lowest BCUT2D eigenvalue weighted by Gasteiger charge is -2.22. The van der Waals surface area contributed by atoms with E-state index in [1.54, 1.807) is 0 Å². The van der Waals surface area contributed by atoms with Crippen molar-refractivity contribution in [3.05, 3.63) is 11.3 Å². The van der Waals surface area contributed by atoms with Crippen molar-refractivity contribution >= 4 is 5.97 Å². The average molecular weight is 283 g/mol. The summed E-state index contributed by atoms with van der Waals surface area (Å²) in [6.45, 7) is 4.48. The van der Waals surface area contributed by atoms with Crippen LogP contribution >= 0.6 is 0 Å². The molecule has 112 valence electrons. The standard InChI is InChI=1S/C14H21NO5/c1-9(8-11(16)17-3)13-10(2)14(15-20-13)19-12-6-4-5-7-18-12/h9,12H,4-8H2,1-3H3. The van der Waals surface area contributed by atoms with E-state index in [1.165, 1.54) is 7.11 Å². The molecule has 2 unspecified atom stereocenters. The predicted molar refractivity (Wildman–Crippen MR) is 70.5 cm³/mol. The van der Waals surface area contributed by atoms with Gasteiger partial charge in [0.1, 0.15) is 5.76 Å². The summed E-state index contributed by atoms with van der Waals surface area (Å²) < 4.78 is 21.2. The maximum atomic E-state index is 11.3. The smallest absolute Gasteiger partial charge is 0.306 e. The largest absolute Gasteiger partial charge is 0.469 e. The van der Waals surface area contributed by atoms with E-state index in [-0.39, 0.29) is 24.6 Å². The minimum atomic E-state index is -0.272. The fourth-order valence-electron chi connectivity index (χ4n) is 2.26. The first-order valence-electron chi connectivity index (χ1n) is 6.93. The predicted octanol–water partition coefficient (Wildman–Crippen LogP) is 2.56. The molecule has 0 amide bonds. The zero-order valence-electron chi connectivity index (χ0n) is 12.2. The third-order valence-corrected chi connectivity index (χ3v) is 3.45. The maximum absolute atomic E-state index is 11.3. The van der Waals surface area contributed by atoms with Crippen LogP contribution in [0.2, 0.25) is 0 Å². The Balaban J connectivity index is 2.00. The molecule has 0 N–H and O–H groups in total. The highest BCUT2D eigenvalue weighted by Gasteiger charge is 2.24. The van der Waals surface area contributed by atoms with Crippen molar-refractivity contribution in [3.8, 4) is 5.88 Å². The normalized spacial score (nSPS) is 20.4. The fraction of sp³-hybridized carbons (Fsp3) is 0.714. The van der Waals surface area contributed by atoms with Crippen LogP contribution in [0.25, 0.3) is 0 Å².